The molecule has 1 saturated carbocycles. The zero-order valence-corrected chi connectivity index (χ0v) is 20.9. The highest BCUT2D eigenvalue weighted by molar-refractivity contribution is 7.89. The number of hydrogen-bond acceptors (Lipinski definition) is 5. The largest absolute Gasteiger partial charge is 0.490 e. The molecule has 0 atom stereocenters. The van der Waals surface area contributed by atoms with Crippen molar-refractivity contribution in [1.82, 2.24) is 14.5 Å². The molecule has 198 valence electrons. The number of carboxylic acids is 1. The number of nitrogens with zero attached hydrogens (tertiary/aromatic N) is 2. The minimum Gasteiger partial charge on any atom is -0.475 e. The highest BCUT2D eigenvalue weighted by Gasteiger charge is 2.38. The lowest BCUT2D eigenvalue weighted by molar-refractivity contribution is -0.192. The van der Waals surface area contributed by atoms with Crippen molar-refractivity contribution in [1.29, 1.82) is 0 Å². The number of carboxylic acid groups (broad SMARTS) is 1. The van der Waals surface area contributed by atoms with Crippen LogP contribution in [0.4, 0.5) is 13.2 Å². The molecule has 1 amide bonds. The molecule has 0 unspecified atom stereocenters. The van der Waals surface area contributed by atoms with E-state index in [0.29, 0.717) is 18.0 Å². The first-order valence-corrected chi connectivity index (χ1v) is 13.2. The maximum atomic E-state index is 13.7. The van der Waals surface area contributed by atoms with Crippen LogP contribution in [-0.2, 0) is 19.6 Å². The number of hydrogen-bond donors (Lipinski definition) is 2. The van der Waals surface area contributed by atoms with Gasteiger partial charge in [0.2, 0.25) is 15.9 Å². The SMILES string of the molecule is Cc1ccc(C)c(S(=O)(=O)N(CC(=O)N2CCNCC2)C2CCCCCC2)c1.O=C(O)C(F)(F)F. The molecule has 8 nitrogen and oxygen atoms in total. The van der Waals surface area contributed by atoms with Crippen molar-refractivity contribution in [2.45, 2.75) is 69.5 Å². The second kappa shape index (κ2) is 12.7. The van der Waals surface area contributed by atoms with Crippen molar-refractivity contribution < 1.29 is 36.3 Å². The highest BCUT2D eigenvalue weighted by Crippen LogP contribution is 2.29. The number of piperazine rings is 1. The third-order valence-corrected chi connectivity index (χ3v) is 8.21. The van der Waals surface area contributed by atoms with Crippen LogP contribution in [0.2, 0.25) is 0 Å². The summed E-state index contributed by atoms with van der Waals surface area (Å²) in [5, 5.41) is 10.4. The van der Waals surface area contributed by atoms with E-state index in [1.165, 1.54) is 4.31 Å². The van der Waals surface area contributed by atoms with Gasteiger partial charge in [-0.2, -0.15) is 17.5 Å². The Balaban J connectivity index is 0.000000540. The van der Waals surface area contributed by atoms with Crippen molar-refractivity contribution in [3.63, 3.8) is 0 Å². The van der Waals surface area contributed by atoms with E-state index < -0.39 is 22.2 Å². The van der Waals surface area contributed by atoms with Crippen LogP contribution in [0.25, 0.3) is 0 Å². The van der Waals surface area contributed by atoms with E-state index >= 15 is 0 Å². The fourth-order valence-corrected chi connectivity index (χ4v) is 6.16. The van der Waals surface area contributed by atoms with Gasteiger partial charge in [-0.05, 0) is 43.9 Å². The molecule has 2 N–H and O–H groups in total. The number of carbonyl (C=O) groups is 2. The zero-order valence-electron chi connectivity index (χ0n) is 20.1. The molecule has 1 aromatic carbocycles. The van der Waals surface area contributed by atoms with E-state index in [0.717, 1.165) is 62.7 Å². The Labute approximate surface area is 204 Å². The number of carbonyl (C=O) groups excluding carboxylic acids is 1. The third kappa shape index (κ3) is 8.46. The molecule has 3 rings (SSSR count). The molecule has 0 radical (unpaired) electrons. The topological polar surface area (TPSA) is 107 Å². The minimum atomic E-state index is -5.08. The maximum absolute atomic E-state index is 13.7. The second-order valence-corrected chi connectivity index (χ2v) is 10.8. The number of amides is 1. The molecular weight excluding hydrogens is 487 g/mol. The molecule has 35 heavy (non-hydrogen) atoms. The predicted octanol–water partition coefficient (Wildman–Crippen LogP) is 3.08. The van der Waals surface area contributed by atoms with Crippen molar-refractivity contribution >= 4 is 21.9 Å². The van der Waals surface area contributed by atoms with Crippen molar-refractivity contribution in [2.24, 2.45) is 0 Å². The molecule has 1 heterocycles. The Morgan fingerprint density at radius 2 is 1.63 bits per heavy atom. The summed E-state index contributed by atoms with van der Waals surface area (Å²) in [5.74, 6) is -2.84. The number of halogens is 3. The third-order valence-electron chi connectivity index (χ3n) is 6.17. The van der Waals surface area contributed by atoms with E-state index in [9.17, 15) is 26.4 Å². The lowest BCUT2D eigenvalue weighted by Gasteiger charge is -2.34. The lowest BCUT2D eigenvalue weighted by atomic mass is 10.1. The smallest absolute Gasteiger partial charge is 0.475 e. The lowest BCUT2D eigenvalue weighted by Crippen LogP contribution is -2.52. The molecule has 1 saturated heterocycles. The predicted molar refractivity (Wildman–Crippen MR) is 124 cm³/mol. The number of sulfonamides is 1. The van der Waals surface area contributed by atoms with Crippen LogP contribution >= 0.6 is 0 Å². The van der Waals surface area contributed by atoms with Gasteiger partial charge < -0.3 is 15.3 Å². The first-order chi connectivity index (χ1) is 16.3. The van der Waals surface area contributed by atoms with Crippen LogP contribution in [0.1, 0.15) is 49.7 Å². The van der Waals surface area contributed by atoms with E-state index in [1.807, 2.05) is 26.0 Å². The molecule has 1 aliphatic carbocycles. The average Bonchev–Trinajstić information content (AvgIpc) is 3.08. The van der Waals surface area contributed by atoms with Crippen molar-refractivity contribution in [2.75, 3.05) is 32.7 Å². The van der Waals surface area contributed by atoms with Crippen LogP contribution in [0.15, 0.2) is 23.1 Å². The monoisotopic (exact) mass is 521 g/mol. The van der Waals surface area contributed by atoms with Gasteiger partial charge >= 0.3 is 12.1 Å². The molecule has 2 fully saturated rings. The Morgan fingerprint density at radius 3 is 2.14 bits per heavy atom. The van der Waals surface area contributed by atoms with Gasteiger partial charge in [-0.3, -0.25) is 4.79 Å². The standard InChI is InChI=1S/C21H33N3O3S.C2HF3O2/c1-17-9-10-18(2)20(15-17)28(26,27)24(19-7-5-3-4-6-8-19)16-21(25)23-13-11-22-12-14-23;3-2(4,5)1(6)7/h9-10,15,19,22H,3-8,11-14,16H2,1-2H3;(H,6,7). The molecule has 12 heteroatoms. The Hall–Kier alpha value is -2.18. The maximum Gasteiger partial charge on any atom is 0.490 e. The number of aryl methyl sites for hydroxylation is 2. The normalized spacial score (nSPS) is 17.9. The number of benzene rings is 1. The number of rotatable bonds is 5. The Kier molecular flexibility index (Phi) is 10.5. The van der Waals surface area contributed by atoms with Gasteiger partial charge in [0.05, 0.1) is 11.4 Å². The van der Waals surface area contributed by atoms with Gasteiger partial charge in [-0.25, -0.2) is 13.2 Å². The quantitative estimate of drug-likeness (QED) is 0.577. The molecule has 0 bridgehead atoms. The van der Waals surface area contributed by atoms with E-state index in [-0.39, 0.29) is 18.5 Å². The fourth-order valence-electron chi connectivity index (χ4n) is 4.22. The van der Waals surface area contributed by atoms with E-state index in [4.69, 9.17) is 9.90 Å². The first-order valence-electron chi connectivity index (χ1n) is 11.7. The van der Waals surface area contributed by atoms with E-state index in [2.05, 4.69) is 5.32 Å². The second-order valence-electron chi connectivity index (χ2n) is 8.90. The minimum absolute atomic E-state index is 0.0552. The van der Waals surface area contributed by atoms with Gasteiger partial charge in [0.15, 0.2) is 0 Å². The van der Waals surface area contributed by atoms with Gasteiger partial charge in [0.25, 0.3) is 0 Å². The summed E-state index contributed by atoms with van der Waals surface area (Å²) in [4.78, 5) is 24.0. The van der Waals surface area contributed by atoms with Crippen LogP contribution in [0.3, 0.4) is 0 Å². The highest BCUT2D eigenvalue weighted by atomic mass is 32.2. The Morgan fingerprint density at radius 1 is 1.09 bits per heavy atom. The molecule has 0 spiro atoms. The molecule has 0 aromatic heterocycles. The molecule has 1 aromatic rings. The van der Waals surface area contributed by atoms with Crippen molar-refractivity contribution in [3.8, 4) is 0 Å². The average molecular weight is 522 g/mol. The van der Waals surface area contributed by atoms with Crippen LogP contribution in [0, 0.1) is 13.8 Å². The van der Waals surface area contributed by atoms with Gasteiger partial charge in [0.1, 0.15) is 0 Å². The summed E-state index contributed by atoms with van der Waals surface area (Å²) >= 11 is 0. The van der Waals surface area contributed by atoms with Gasteiger partial charge in [-0.15, -0.1) is 0 Å². The number of aliphatic carboxylic acids is 1. The Bertz CT molecular complexity index is 971. The fraction of sp³-hybridized carbons (Fsp3) is 0.652. The van der Waals surface area contributed by atoms with Gasteiger partial charge in [-0.1, -0.05) is 37.8 Å². The summed E-state index contributed by atoms with van der Waals surface area (Å²) in [7, 11) is -3.73. The number of nitrogens with one attached hydrogen (secondary N) is 1. The summed E-state index contributed by atoms with van der Waals surface area (Å²) < 4.78 is 60.6. The molecule has 2 aliphatic rings. The summed E-state index contributed by atoms with van der Waals surface area (Å²) in [5.41, 5.74) is 1.65. The van der Waals surface area contributed by atoms with Crippen LogP contribution < -0.4 is 5.32 Å². The van der Waals surface area contributed by atoms with Crippen molar-refractivity contribution in [3.05, 3.63) is 29.3 Å². The van der Waals surface area contributed by atoms with Gasteiger partial charge in [0, 0.05) is 32.2 Å². The summed E-state index contributed by atoms with van der Waals surface area (Å²) in [6.07, 6.45) is 0.897. The molecular formula is C23H34F3N3O5S. The van der Waals surface area contributed by atoms with E-state index in [1.54, 1.807) is 11.0 Å². The summed E-state index contributed by atoms with van der Waals surface area (Å²) in [6.45, 7) is 6.48. The zero-order chi connectivity index (χ0) is 26.2. The molecule has 1 aliphatic heterocycles. The van der Waals surface area contributed by atoms with Crippen LogP contribution in [-0.4, -0.2) is 79.5 Å². The summed E-state index contributed by atoms with van der Waals surface area (Å²) in [6, 6.07) is 5.42. The first kappa shape index (κ1) is 29.1. The number of alkyl halides is 3. The van der Waals surface area contributed by atoms with Crippen LogP contribution in [0.5, 0.6) is 0 Å².